The highest BCUT2D eigenvalue weighted by Crippen LogP contribution is 2.40. The second kappa shape index (κ2) is 8.99. The first-order valence-corrected chi connectivity index (χ1v) is 11.9. The van der Waals surface area contributed by atoms with Crippen molar-refractivity contribution in [2.45, 2.75) is 43.5 Å². The van der Waals surface area contributed by atoms with Gasteiger partial charge in [-0.25, -0.2) is 12.8 Å². The number of carbonyl (C=O) groups excluding carboxylic acids is 1. The van der Waals surface area contributed by atoms with Crippen LogP contribution in [0.4, 0.5) is 23.2 Å². The van der Waals surface area contributed by atoms with Gasteiger partial charge in [0.15, 0.2) is 0 Å². The van der Waals surface area contributed by atoms with Crippen molar-refractivity contribution < 1.29 is 35.9 Å². The number of sulfone groups is 1. The van der Waals surface area contributed by atoms with Crippen molar-refractivity contribution in [3.63, 3.8) is 0 Å². The monoisotopic (exact) mass is 509 g/mol. The van der Waals surface area contributed by atoms with Crippen LogP contribution in [0.25, 0.3) is 11.1 Å². The first-order valence-electron chi connectivity index (χ1n) is 10.4. The first-order chi connectivity index (χ1) is 16.0. The number of anilines is 1. The van der Waals surface area contributed by atoms with Gasteiger partial charge in [0, 0.05) is 11.3 Å². The Kier molecular flexibility index (Phi) is 6.73. The number of hydrogen-bond acceptors (Lipinski definition) is 4. The molecule has 3 rings (SSSR count). The fourth-order valence-corrected chi connectivity index (χ4v) is 4.35. The van der Waals surface area contributed by atoms with Gasteiger partial charge in [0.25, 0.3) is 15.7 Å². The van der Waals surface area contributed by atoms with E-state index in [-0.39, 0.29) is 17.0 Å². The van der Waals surface area contributed by atoms with E-state index in [4.69, 9.17) is 0 Å². The van der Waals surface area contributed by atoms with Crippen LogP contribution < -0.4 is 5.32 Å². The average molecular weight is 510 g/mol. The van der Waals surface area contributed by atoms with Crippen molar-refractivity contribution in [1.82, 2.24) is 0 Å². The van der Waals surface area contributed by atoms with E-state index in [2.05, 4.69) is 5.32 Å². The van der Waals surface area contributed by atoms with Gasteiger partial charge in [-0.15, -0.1) is 0 Å². The highest BCUT2D eigenvalue weighted by molar-refractivity contribution is 7.92. The van der Waals surface area contributed by atoms with Gasteiger partial charge in [-0.3, -0.25) is 4.79 Å². The zero-order chi connectivity index (χ0) is 26.3. The summed E-state index contributed by atoms with van der Waals surface area (Å²) < 4.78 is 74.9. The molecular formula is C25H23F4NO4S. The lowest BCUT2D eigenvalue weighted by Gasteiger charge is -2.25. The lowest BCUT2D eigenvalue weighted by atomic mass is 9.81. The summed E-state index contributed by atoms with van der Waals surface area (Å²) in [6.07, 6.45) is 0. The van der Waals surface area contributed by atoms with Gasteiger partial charge >= 0.3 is 5.51 Å². The van der Waals surface area contributed by atoms with E-state index >= 15 is 0 Å². The number of alkyl halides is 3. The predicted molar refractivity (Wildman–Crippen MR) is 125 cm³/mol. The molecular weight excluding hydrogens is 486 g/mol. The van der Waals surface area contributed by atoms with Crippen molar-refractivity contribution in [2.75, 3.05) is 5.32 Å². The van der Waals surface area contributed by atoms with Crippen molar-refractivity contribution in [3.8, 4) is 16.9 Å². The van der Waals surface area contributed by atoms with Gasteiger partial charge in [0.2, 0.25) is 0 Å². The van der Waals surface area contributed by atoms with Crippen molar-refractivity contribution in [1.29, 1.82) is 0 Å². The number of aromatic hydroxyl groups is 1. The Morgan fingerprint density at radius 1 is 0.943 bits per heavy atom. The predicted octanol–water partition coefficient (Wildman–Crippen LogP) is 6.35. The second-order valence-electron chi connectivity index (χ2n) is 9.00. The molecule has 3 aromatic rings. The lowest BCUT2D eigenvalue weighted by molar-refractivity contribution is -0.0436. The number of nitrogens with one attached hydrogen (secondary N) is 1. The minimum absolute atomic E-state index is 0.0272. The summed E-state index contributed by atoms with van der Waals surface area (Å²) in [6.45, 7) is 7.13. The lowest BCUT2D eigenvalue weighted by Crippen LogP contribution is -2.23. The molecule has 0 unspecified atom stereocenters. The Morgan fingerprint density at radius 2 is 1.49 bits per heavy atom. The average Bonchev–Trinajstić information content (AvgIpc) is 2.73. The van der Waals surface area contributed by atoms with Crippen LogP contribution in [-0.4, -0.2) is 24.9 Å². The van der Waals surface area contributed by atoms with Crippen LogP contribution in [0.5, 0.6) is 5.75 Å². The van der Waals surface area contributed by atoms with Crippen LogP contribution in [-0.2, 0) is 15.3 Å². The fraction of sp³-hybridized carbons (Fsp3) is 0.240. The summed E-state index contributed by atoms with van der Waals surface area (Å²) >= 11 is 0. The maximum Gasteiger partial charge on any atom is 0.501 e. The quantitative estimate of drug-likeness (QED) is 0.402. The van der Waals surface area contributed by atoms with E-state index in [1.807, 2.05) is 20.8 Å². The van der Waals surface area contributed by atoms with Gasteiger partial charge in [-0.05, 0) is 71.5 Å². The summed E-state index contributed by atoms with van der Waals surface area (Å²) in [4.78, 5) is 12.2. The summed E-state index contributed by atoms with van der Waals surface area (Å²) in [7, 11) is -5.53. The largest absolute Gasteiger partial charge is 0.507 e. The molecule has 0 heterocycles. The Morgan fingerprint density at radius 3 is 1.97 bits per heavy atom. The summed E-state index contributed by atoms with van der Waals surface area (Å²) in [5, 5.41) is 13.5. The number of hydrogen-bond donors (Lipinski definition) is 2. The zero-order valence-corrected chi connectivity index (χ0v) is 20.1. The number of phenolic OH excluding ortho intramolecular Hbond substituents is 1. The van der Waals surface area contributed by atoms with Gasteiger partial charge in [0.05, 0.1) is 10.5 Å². The standard InChI is InChI=1S/C25H23F4NO4S/c1-14-19(15-5-7-16(26)8-6-15)13-20(24(2,3)4)22(31)21(14)23(32)30-17-9-11-18(12-10-17)35(33,34)25(27,28)29/h5-13,31H,1-4H3,(H,30,32). The van der Waals surface area contributed by atoms with Crippen LogP contribution in [0.2, 0.25) is 0 Å². The highest BCUT2D eigenvalue weighted by atomic mass is 32.2. The van der Waals surface area contributed by atoms with Crippen LogP contribution in [0.3, 0.4) is 0 Å². The van der Waals surface area contributed by atoms with E-state index in [9.17, 15) is 35.9 Å². The zero-order valence-electron chi connectivity index (χ0n) is 19.3. The molecule has 2 N–H and O–H groups in total. The van der Waals surface area contributed by atoms with Gasteiger partial charge < -0.3 is 10.4 Å². The molecule has 0 aliphatic heterocycles. The Labute approximate surface area is 200 Å². The molecule has 0 fully saturated rings. The number of benzene rings is 3. The third-order valence-electron chi connectivity index (χ3n) is 5.48. The van der Waals surface area contributed by atoms with Crippen LogP contribution >= 0.6 is 0 Å². The highest BCUT2D eigenvalue weighted by Gasteiger charge is 2.46. The molecule has 0 aromatic heterocycles. The Hall–Kier alpha value is -3.40. The molecule has 0 saturated carbocycles. The summed E-state index contributed by atoms with van der Waals surface area (Å²) in [5.41, 5.74) is -4.01. The molecule has 186 valence electrons. The molecule has 10 heteroatoms. The van der Waals surface area contributed by atoms with E-state index in [1.54, 1.807) is 25.1 Å². The summed E-state index contributed by atoms with van der Waals surface area (Å²) in [5.74, 6) is -1.45. The second-order valence-corrected chi connectivity index (χ2v) is 10.9. The Balaban J connectivity index is 2.06. The smallest absolute Gasteiger partial charge is 0.501 e. The molecule has 5 nitrogen and oxygen atoms in total. The number of phenols is 1. The molecule has 0 aliphatic rings. The van der Waals surface area contributed by atoms with Crippen molar-refractivity contribution in [2.24, 2.45) is 0 Å². The maximum absolute atomic E-state index is 13.4. The molecule has 0 radical (unpaired) electrons. The number of rotatable bonds is 4. The van der Waals surface area contributed by atoms with Crippen molar-refractivity contribution in [3.05, 3.63) is 77.1 Å². The van der Waals surface area contributed by atoms with E-state index < -0.39 is 37.4 Å². The fourth-order valence-electron chi connectivity index (χ4n) is 3.59. The molecule has 0 saturated heterocycles. The molecule has 0 spiro atoms. The SMILES string of the molecule is Cc1c(-c2ccc(F)cc2)cc(C(C)(C)C)c(O)c1C(=O)Nc1ccc(S(=O)(=O)C(F)(F)F)cc1. The summed E-state index contributed by atoms with van der Waals surface area (Å²) in [6, 6.07) is 10.9. The molecule has 0 aliphatic carbocycles. The minimum atomic E-state index is -5.53. The molecule has 3 aromatic carbocycles. The maximum atomic E-state index is 13.4. The Bertz CT molecular complexity index is 1370. The third kappa shape index (κ3) is 5.17. The molecule has 0 atom stereocenters. The van der Waals surface area contributed by atoms with Crippen molar-refractivity contribution >= 4 is 21.4 Å². The van der Waals surface area contributed by atoms with Crippen LogP contribution in [0.15, 0.2) is 59.5 Å². The van der Waals surface area contributed by atoms with E-state index in [0.717, 1.165) is 24.3 Å². The van der Waals surface area contributed by atoms with E-state index in [0.29, 0.717) is 22.3 Å². The van der Waals surface area contributed by atoms with Gasteiger partial charge in [0.1, 0.15) is 11.6 Å². The molecule has 1 amide bonds. The van der Waals surface area contributed by atoms with Gasteiger partial charge in [-0.2, -0.15) is 13.2 Å². The molecule has 0 bridgehead atoms. The van der Waals surface area contributed by atoms with Gasteiger partial charge in [-0.1, -0.05) is 32.9 Å². The normalized spacial score (nSPS) is 12.5. The minimum Gasteiger partial charge on any atom is -0.507 e. The number of amides is 1. The van der Waals surface area contributed by atoms with E-state index in [1.165, 1.54) is 12.1 Å². The number of halogens is 4. The topological polar surface area (TPSA) is 83.5 Å². The first kappa shape index (κ1) is 26.2. The molecule has 35 heavy (non-hydrogen) atoms. The number of carbonyl (C=O) groups is 1. The van der Waals surface area contributed by atoms with Crippen LogP contribution in [0, 0.1) is 12.7 Å². The van der Waals surface area contributed by atoms with Crippen LogP contribution in [0.1, 0.15) is 42.3 Å². The third-order valence-corrected chi connectivity index (χ3v) is 6.98.